The molecule has 0 N–H and O–H groups in total. The fourth-order valence-electron chi connectivity index (χ4n) is 2.78. The van der Waals surface area contributed by atoms with Crippen molar-refractivity contribution in [3.05, 3.63) is 40.2 Å². The van der Waals surface area contributed by atoms with Gasteiger partial charge in [-0.3, -0.25) is 4.68 Å². The molecule has 7 heteroatoms. The lowest BCUT2D eigenvalue weighted by Crippen LogP contribution is -2.27. The average Bonchev–Trinajstić information content (AvgIpc) is 2.75. The maximum Gasteiger partial charge on any atom is 0.243 e. The lowest BCUT2D eigenvalue weighted by molar-refractivity contribution is 0.410. The van der Waals surface area contributed by atoms with E-state index in [0.29, 0.717) is 22.8 Å². The van der Waals surface area contributed by atoms with Gasteiger partial charge in [0, 0.05) is 31.9 Å². The van der Waals surface area contributed by atoms with Gasteiger partial charge in [-0.2, -0.15) is 9.40 Å². The Morgan fingerprint density at radius 1 is 1.17 bits per heavy atom. The zero-order valence-corrected chi connectivity index (χ0v) is 16.2. The van der Waals surface area contributed by atoms with E-state index in [1.807, 2.05) is 27.8 Å². The van der Waals surface area contributed by atoms with Crippen molar-refractivity contribution in [2.24, 2.45) is 7.05 Å². The predicted molar refractivity (Wildman–Crippen MR) is 93.8 cm³/mol. The van der Waals surface area contributed by atoms with Crippen LogP contribution in [0.25, 0.3) is 0 Å². The molecule has 0 aliphatic carbocycles. The molecule has 2 aromatic rings. The van der Waals surface area contributed by atoms with E-state index < -0.39 is 10.0 Å². The number of aromatic nitrogens is 2. The standard InChI is InChI=1S/C17H25N3O3S/c1-11-9-17(12(2)8-16(11)23-7)24(21,22)19(5)10-15-13(3)18-20(6)14(15)4/h8-9H,10H2,1-7H3. The number of hydrogen-bond acceptors (Lipinski definition) is 4. The summed E-state index contributed by atoms with van der Waals surface area (Å²) in [4.78, 5) is 0.308. The highest BCUT2D eigenvalue weighted by atomic mass is 32.2. The lowest BCUT2D eigenvalue weighted by Gasteiger charge is -2.20. The van der Waals surface area contributed by atoms with E-state index in [1.54, 1.807) is 37.9 Å². The molecule has 0 saturated carbocycles. The molecule has 0 atom stereocenters. The first-order chi connectivity index (χ1) is 11.1. The smallest absolute Gasteiger partial charge is 0.243 e. The fourth-order valence-corrected chi connectivity index (χ4v) is 4.21. The van der Waals surface area contributed by atoms with E-state index in [9.17, 15) is 8.42 Å². The van der Waals surface area contributed by atoms with Crippen LogP contribution in [0, 0.1) is 27.7 Å². The number of nitrogens with zero attached hydrogens (tertiary/aromatic N) is 3. The third kappa shape index (κ3) is 3.18. The monoisotopic (exact) mass is 351 g/mol. The maximum atomic E-state index is 13.0. The van der Waals surface area contributed by atoms with Crippen LogP contribution in [0.1, 0.15) is 28.1 Å². The van der Waals surface area contributed by atoms with Gasteiger partial charge in [-0.05, 0) is 51.0 Å². The molecule has 0 radical (unpaired) electrons. The second kappa shape index (κ2) is 6.57. The van der Waals surface area contributed by atoms with E-state index in [0.717, 1.165) is 22.5 Å². The summed E-state index contributed by atoms with van der Waals surface area (Å²) in [6.45, 7) is 7.75. The molecule has 0 spiro atoms. The fraction of sp³-hybridized carbons (Fsp3) is 0.471. The van der Waals surface area contributed by atoms with Crippen molar-refractivity contribution in [2.45, 2.75) is 39.1 Å². The van der Waals surface area contributed by atoms with Crippen LogP contribution in [0.2, 0.25) is 0 Å². The van der Waals surface area contributed by atoms with Gasteiger partial charge in [-0.1, -0.05) is 0 Å². The number of methoxy groups -OCH3 is 1. The van der Waals surface area contributed by atoms with Crippen molar-refractivity contribution in [1.29, 1.82) is 0 Å². The van der Waals surface area contributed by atoms with E-state index in [2.05, 4.69) is 5.10 Å². The summed E-state index contributed by atoms with van der Waals surface area (Å²) in [5, 5.41) is 4.35. The van der Waals surface area contributed by atoms with Crippen molar-refractivity contribution in [1.82, 2.24) is 14.1 Å². The predicted octanol–water partition coefficient (Wildman–Crippen LogP) is 2.48. The normalized spacial score (nSPS) is 12.0. The zero-order chi connectivity index (χ0) is 18.2. The first kappa shape index (κ1) is 18.5. The molecule has 0 saturated heterocycles. The highest BCUT2D eigenvalue weighted by Gasteiger charge is 2.25. The number of aryl methyl sites for hydroxylation is 4. The number of benzene rings is 1. The van der Waals surface area contributed by atoms with Crippen LogP contribution in [-0.2, 0) is 23.6 Å². The summed E-state index contributed by atoms with van der Waals surface area (Å²) in [6, 6.07) is 3.43. The first-order valence-corrected chi connectivity index (χ1v) is 9.14. The number of ether oxygens (including phenoxy) is 1. The van der Waals surface area contributed by atoms with Gasteiger partial charge in [-0.15, -0.1) is 0 Å². The van der Waals surface area contributed by atoms with Gasteiger partial charge in [-0.25, -0.2) is 8.42 Å². The molecular weight excluding hydrogens is 326 g/mol. The molecule has 1 aromatic heterocycles. The van der Waals surface area contributed by atoms with Crippen LogP contribution in [-0.4, -0.2) is 36.7 Å². The summed E-state index contributed by atoms with van der Waals surface area (Å²) in [5.74, 6) is 0.688. The van der Waals surface area contributed by atoms with Crippen LogP contribution in [0.3, 0.4) is 0 Å². The van der Waals surface area contributed by atoms with Gasteiger partial charge < -0.3 is 4.74 Å². The number of rotatable bonds is 5. The molecule has 1 heterocycles. The van der Waals surface area contributed by atoms with Crippen LogP contribution in [0.4, 0.5) is 0 Å². The van der Waals surface area contributed by atoms with Gasteiger partial charge in [0.15, 0.2) is 0 Å². The van der Waals surface area contributed by atoms with Gasteiger partial charge in [0.2, 0.25) is 10.0 Å². The van der Waals surface area contributed by atoms with Crippen LogP contribution in [0.15, 0.2) is 17.0 Å². The second-order valence-corrected chi connectivity index (χ2v) is 8.13. The minimum atomic E-state index is -3.60. The maximum absolute atomic E-state index is 13.0. The molecule has 132 valence electrons. The second-order valence-electron chi connectivity index (χ2n) is 6.12. The topological polar surface area (TPSA) is 64.4 Å². The SMILES string of the molecule is COc1cc(C)c(S(=O)(=O)N(C)Cc2c(C)nn(C)c2C)cc1C. The van der Waals surface area contributed by atoms with Crippen LogP contribution < -0.4 is 4.74 Å². The largest absolute Gasteiger partial charge is 0.496 e. The van der Waals surface area contributed by atoms with E-state index >= 15 is 0 Å². The third-order valence-corrected chi connectivity index (χ3v) is 6.37. The summed E-state index contributed by atoms with van der Waals surface area (Å²) >= 11 is 0. The van der Waals surface area contributed by atoms with Crippen molar-refractivity contribution in [3.63, 3.8) is 0 Å². The Kier molecular flexibility index (Phi) is 5.05. The Morgan fingerprint density at radius 3 is 2.29 bits per heavy atom. The summed E-state index contributed by atoms with van der Waals surface area (Å²) < 4.78 is 34.4. The molecule has 0 fully saturated rings. The molecule has 0 aliphatic heterocycles. The van der Waals surface area contributed by atoms with E-state index in [4.69, 9.17) is 4.74 Å². The Morgan fingerprint density at radius 2 is 1.79 bits per heavy atom. The summed E-state index contributed by atoms with van der Waals surface area (Å²) in [6.07, 6.45) is 0. The zero-order valence-electron chi connectivity index (χ0n) is 15.3. The summed E-state index contributed by atoms with van der Waals surface area (Å²) in [7, 11) is 1.44. The summed E-state index contributed by atoms with van der Waals surface area (Å²) in [5.41, 5.74) is 4.22. The number of hydrogen-bond donors (Lipinski definition) is 0. The molecule has 0 aliphatic rings. The van der Waals surface area contributed by atoms with E-state index in [-0.39, 0.29) is 0 Å². The minimum absolute atomic E-state index is 0.290. The van der Waals surface area contributed by atoms with Crippen molar-refractivity contribution >= 4 is 10.0 Å². The van der Waals surface area contributed by atoms with Gasteiger partial charge in [0.05, 0.1) is 17.7 Å². The molecule has 6 nitrogen and oxygen atoms in total. The molecule has 0 unspecified atom stereocenters. The van der Waals surface area contributed by atoms with Gasteiger partial charge in [0.1, 0.15) is 5.75 Å². The average molecular weight is 351 g/mol. The Labute approximate surface area is 144 Å². The van der Waals surface area contributed by atoms with Crippen molar-refractivity contribution in [3.8, 4) is 5.75 Å². The first-order valence-electron chi connectivity index (χ1n) is 7.70. The van der Waals surface area contributed by atoms with Crippen LogP contribution in [0.5, 0.6) is 5.75 Å². The Hall–Kier alpha value is -1.86. The highest BCUT2D eigenvalue weighted by Crippen LogP contribution is 2.28. The van der Waals surface area contributed by atoms with Gasteiger partial charge in [0.25, 0.3) is 0 Å². The minimum Gasteiger partial charge on any atom is -0.496 e. The third-order valence-electron chi connectivity index (χ3n) is 4.42. The van der Waals surface area contributed by atoms with Crippen molar-refractivity contribution in [2.75, 3.05) is 14.2 Å². The molecule has 2 rings (SSSR count). The molecule has 0 amide bonds. The molecule has 1 aromatic carbocycles. The highest BCUT2D eigenvalue weighted by molar-refractivity contribution is 7.89. The lowest BCUT2D eigenvalue weighted by atomic mass is 10.1. The molecule has 24 heavy (non-hydrogen) atoms. The number of sulfonamides is 1. The Bertz CT molecular complexity index is 870. The quantitative estimate of drug-likeness (QED) is 0.830. The Balaban J connectivity index is 2.41. The molecule has 0 bridgehead atoms. The molecular formula is C17H25N3O3S. The van der Waals surface area contributed by atoms with Crippen LogP contribution >= 0.6 is 0 Å². The van der Waals surface area contributed by atoms with Gasteiger partial charge >= 0.3 is 0 Å². The van der Waals surface area contributed by atoms with E-state index in [1.165, 1.54) is 4.31 Å². The van der Waals surface area contributed by atoms with Crippen molar-refractivity contribution < 1.29 is 13.2 Å².